The van der Waals surface area contributed by atoms with Gasteiger partial charge < -0.3 is 9.47 Å². The maximum absolute atomic E-state index is 5.95. The molecule has 1 aliphatic heterocycles. The lowest BCUT2D eigenvalue weighted by molar-refractivity contribution is -0.159. The van der Waals surface area contributed by atoms with Gasteiger partial charge in [0.1, 0.15) is 0 Å². The Bertz CT molecular complexity index is 311. The minimum Gasteiger partial charge on any atom is -0.380 e. The molecule has 0 radical (unpaired) electrons. The molecule has 1 heterocycles. The molecule has 2 heteroatoms. The summed E-state index contributed by atoms with van der Waals surface area (Å²) in [6.45, 7) is 6.83. The largest absolute Gasteiger partial charge is 0.380 e. The Morgan fingerprint density at radius 1 is 1.31 bits per heavy atom. The van der Waals surface area contributed by atoms with Crippen LogP contribution in [0.15, 0.2) is 30.3 Å². The van der Waals surface area contributed by atoms with Crippen LogP contribution < -0.4 is 0 Å². The summed E-state index contributed by atoms with van der Waals surface area (Å²) < 4.78 is 11.2. The van der Waals surface area contributed by atoms with E-state index in [9.17, 15) is 0 Å². The van der Waals surface area contributed by atoms with Crippen molar-refractivity contribution in [2.45, 2.75) is 26.4 Å². The van der Waals surface area contributed by atoms with Crippen molar-refractivity contribution in [1.29, 1.82) is 0 Å². The lowest BCUT2D eigenvalue weighted by atomic mass is 9.84. The van der Waals surface area contributed by atoms with Crippen molar-refractivity contribution >= 4 is 0 Å². The quantitative estimate of drug-likeness (QED) is 0.758. The predicted molar refractivity (Wildman–Crippen MR) is 64.4 cm³/mol. The minimum absolute atomic E-state index is 0.172. The number of benzene rings is 1. The van der Waals surface area contributed by atoms with Gasteiger partial charge in [-0.2, -0.15) is 0 Å². The maximum atomic E-state index is 5.95. The van der Waals surface area contributed by atoms with Gasteiger partial charge in [-0.15, -0.1) is 0 Å². The van der Waals surface area contributed by atoms with Crippen molar-refractivity contribution in [2.75, 3.05) is 19.8 Å². The molecule has 1 aromatic carbocycles. The van der Waals surface area contributed by atoms with Crippen LogP contribution in [0.2, 0.25) is 0 Å². The average molecular weight is 220 g/mol. The van der Waals surface area contributed by atoms with Gasteiger partial charge in [0.25, 0.3) is 0 Å². The fourth-order valence-corrected chi connectivity index (χ4v) is 1.90. The van der Waals surface area contributed by atoms with Gasteiger partial charge in [-0.25, -0.2) is 0 Å². The van der Waals surface area contributed by atoms with Crippen molar-refractivity contribution in [1.82, 2.24) is 0 Å². The summed E-state index contributed by atoms with van der Waals surface area (Å²) in [4.78, 5) is 0. The van der Waals surface area contributed by atoms with E-state index in [1.54, 1.807) is 0 Å². The van der Waals surface area contributed by atoms with E-state index in [-0.39, 0.29) is 11.5 Å². The van der Waals surface area contributed by atoms with Crippen LogP contribution in [-0.4, -0.2) is 19.8 Å². The summed E-state index contributed by atoms with van der Waals surface area (Å²) in [6.07, 6.45) is 1.30. The van der Waals surface area contributed by atoms with E-state index in [1.807, 2.05) is 6.07 Å². The molecule has 0 amide bonds. The van der Waals surface area contributed by atoms with Gasteiger partial charge in [0.05, 0.1) is 25.9 Å². The lowest BCUT2D eigenvalue weighted by Crippen LogP contribution is -2.45. The van der Waals surface area contributed by atoms with Gasteiger partial charge in [-0.05, 0) is 18.9 Å². The van der Waals surface area contributed by atoms with Gasteiger partial charge in [-0.3, -0.25) is 0 Å². The third kappa shape index (κ3) is 2.45. The number of hydrogen-bond acceptors (Lipinski definition) is 2. The van der Waals surface area contributed by atoms with Crippen LogP contribution in [-0.2, 0) is 9.47 Å². The molecule has 1 fully saturated rings. The van der Waals surface area contributed by atoms with Crippen LogP contribution in [0.4, 0.5) is 0 Å². The van der Waals surface area contributed by atoms with Crippen LogP contribution in [0.3, 0.4) is 0 Å². The lowest BCUT2D eigenvalue weighted by Gasteiger charge is -2.41. The molecule has 1 unspecified atom stereocenters. The Morgan fingerprint density at radius 2 is 2.00 bits per heavy atom. The molecule has 0 saturated carbocycles. The molecular weight excluding hydrogens is 200 g/mol. The van der Waals surface area contributed by atoms with Crippen molar-refractivity contribution in [3.8, 4) is 0 Å². The molecule has 0 bridgehead atoms. The standard InChI is InChI=1S/C14H20O2/c1-3-14(9-15-10-14)11-16-12(2)13-7-5-4-6-8-13/h4-8,12H,3,9-11H2,1-2H3. The Labute approximate surface area is 97.6 Å². The summed E-state index contributed by atoms with van der Waals surface area (Å²) in [5.41, 5.74) is 1.53. The van der Waals surface area contributed by atoms with E-state index in [0.717, 1.165) is 26.2 Å². The van der Waals surface area contributed by atoms with Gasteiger partial charge >= 0.3 is 0 Å². The Morgan fingerprint density at radius 3 is 2.50 bits per heavy atom. The SMILES string of the molecule is CCC1(COC(C)c2ccccc2)COC1. The molecule has 16 heavy (non-hydrogen) atoms. The average Bonchev–Trinajstić information content (AvgIpc) is 2.29. The van der Waals surface area contributed by atoms with Crippen LogP contribution >= 0.6 is 0 Å². The number of rotatable bonds is 5. The molecule has 0 aromatic heterocycles. The highest BCUT2D eigenvalue weighted by Crippen LogP contribution is 2.33. The molecule has 1 saturated heterocycles. The third-order valence-corrected chi connectivity index (χ3v) is 3.48. The zero-order chi connectivity index (χ0) is 11.4. The van der Waals surface area contributed by atoms with E-state index >= 15 is 0 Å². The monoisotopic (exact) mass is 220 g/mol. The highest BCUT2D eigenvalue weighted by atomic mass is 16.5. The van der Waals surface area contributed by atoms with Crippen molar-refractivity contribution < 1.29 is 9.47 Å². The van der Waals surface area contributed by atoms with E-state index in [4.69, 9.17) is 9.47 Å². The fourth-order valence-electron chi connectivity index (χ4n) is 1.90. The summed E-state index contributed by atoms with van der Waals surface area (Å²) in [5.74, 6) is 0. The molecule has 0 spiro atoms. The normalized spacial score (nSPS) is 20.1. The summed E-state index contributed by atoms with van der Waals surface area (Å²) >= 11 is 0. The van der Waals surface area contributed by atoms with Gasteiger partial charge in [-0.1, -0.05) is 37.3 Å². The van der Waals surface area contributed by atoms with E-state index < -0.39 is 0 Å². The van der Waals surface area contributed by atoms with Gasteiger partial charge in [0.2, 0.25) is 0 Å². The summed E-state index contributed by atoms with van der Waals surface area (Å²) in [6, 6.07) is 10.4. The highest BCUT2D eigenvalue weighted by Gasteiger charge is 2.37. The van der Waals surface area contributed by atoms with Crippen molar-refractivity contribution in [2.24, 2.45) is 5.41 Å². The summed E-state index contributed by atoms with van der Waals surface area (Å²) in [7, 11) is 0. The maximum Gasteiger partial charge on any atom is 0.0797 e. The first-order chi connectivity index (χ1) is 7.76. The van der Waals surface area contributed by atoms with E-state index in [2.05, 4.69) is 38.1 Å². The molecule has 1 atom stereocenters. The second-order valence-electron chi connectivity index (χ2n) is 4.71. The molecular formula is C14H20O2. The first kappa shape index (κ1) is 11.6. The van der Waals surface area contributed by atoms with Gasteiger partial charge in [0, 0.05) is 5.41 Å². The van der Waals surface area contributed by atoms with Crippen molar-refractivity contribution in [3.63, 3.8) is 0 Å². The second-order valence-corrected chi connectivity index (χ2v) is 4.71. The van der Waals surface area contributed by atoms with Crippen LogP contribution in [0.25, 0.3) is 0 Å². The first-order valence-electron chi connectivity index (χ1n) is 6.00. The number of ether oxygens (including phenoxy) is 2. The molecule has 88 valence electrons. The molecule has 2 rings (SSSR count). The van der Waals surface area contributed by atoms with Crippen LogP contribution in [0.5, 0.6) is 0 Å². The third-order valence-electron chi connectivity index (χ3n) is 3.48. The minimum atomic E-state index is 0.172. The Kier molecular flexibility index (Phi) is 3.62. The van der Waals surface area contributed by atoms with E-state index in [0.29, 0.717) is 0 Å². The van der Waals surface area contributed by atoms with Crippen molar-refractivity contribution in [3.05, 3.63) is 35.9 Å². The second kappa shape index (κ2) is 4.98. The summed E-state index contributed by atoms with van der Waals surface area (Å²) in [5, 5.41) is 0. The molecule has 1 aromatic rings. The van der Waals surface area contributed by atoms with Crippen LogP contribution in [0, 0.1) is 5.41 Å². The highest BCUT2D eigenvalue weighted by molar-refractivity contribution is 5.16. The first-order valence-corrected chi connectivity index (χ1v) is 6.00. The Hall–Kier alpha value is -0.860. The smallest absolute Gasteiger partial charge is 0.0797 e. The molecule has 0 N–H and O–H groups in total. The molecule has 0 aliphatic carbocycles. The Balaban J connectivity index is 1.86. The van der Waals surface area contributed by atoms with Gasteiger partial charge in [0.15, 0.2) is 0 Å². The molecule has 2 nitrogen and oxygen atoms in total. The van der Waals surface area contributed by atoms with Crippen LogP contribution in [0.1, 0.15) is 31.9 Å². The zero-order valence-electron chi connectivity index (χ0n) is 10.1. The number of hydrogen-bond donors (Lipinski definition) is 0. The van der Waals surface area contributed by atoms with E-state index in [1.165, 1.54) is 5.56 Å². The molecule has 1 aliphatic rings. The fraction of sp³-hybridized carbons (Fsp3) is 0.571. The predicted octanol–water partition coefficient (Wildman–Crippen LogP) is 3.19. The topological polar surface area (TPSA) is 18.5 Å². The zero-order valence-corrected chi connectivity index (χ0v) is 10.1.